The molecule has 10 atom stereocenters. The largest absolute Gasteiger partial charge is 0.393 e. The molecule has 1 aliphatic heterocycles. The van der Waals surface area contributed by atoms with Crippen molar-refractivity contribution in [3.63, 3.8) is 0 Å². The van der Waals surface area contributed by atoms with Crippen LogP contribution in [0.25, 0.3) is 0 Å². The molecule has 244 valence electrons. The van der Waals surface area contributed by atoms with E-state index in [1.54, 1.807) is 0 Å². The number of hydrogen-bond acceptors (Lipinski definition) is 5. The second-order valence-electron chi connectivity index (χ2n) is 16.9. The van der Waals surface area contributed by atoms with E-state index in [0.29, 0.717) is 28.7 Å². The van der Waals surface area contributed by atoms with Crippen molar-refractivity contribution in [3.05, 3.63) is 0 Å². The van der Waals surface area contributed by atoms with Crippen LogP contribution in [0.1, 0.15) is 118 Å². The quantitative estimate of drug-likeness (QED) is 0.218. The number of fused-ring (bicyclic) bond motifs is 5. The third-order valence-electron chi connectivity index (χ3n) is 14.1. The summed E-state index contributed by atoms with van der Waals surface area (Å²) in [7, 11) is 0. The standard InChI is InChI=1S/C37H70N4O/c1-27(2)9-6-10-28(3)31-11-12-32-35-33(14-16-37(31,32)5)36(4)15-13-30(25-29(36)26-34(35)42)39-18-8-20-41-23-21-40(22-24-41)19-7-17-38/h27-35,39,42H,6-26,38H2,1-5H3/t28-,29-,30+,31-,32?,33?,34+,35?,36+,37-/m1/s1. The summed E-state index contributed by atoms with van der Waals surface area (Å²) in [4.78, 5) is 5.24. The van der Waals surface area contributed by atoms with E-state index < -0.39 is 0 Å². The van der Waals surface area contributed by atoms with E-state index in [-0.39, 0.29) is 6.10 Å². The molecule has 1 heterocycles. The van der Waals surface area contributed by atoms with Crippen LogP contribution < -0.4 is 11.1 Å². The normalized spacial score (nSPS) is 41.9. The van der Waals surface area contributed by atoms with E-state index in [2.05, 4.69) is 49.7 Å². The van der Waals surface area contributed by atoms with Crippen LogP contribution in [-0.4, -0.2) is 79.4 Å². The molecule has 0 aromatic carbocycles. The third-order valence-corrected chi connectivity index (χ3v) is 14.1. The lowest BCUT2D eigenvalue weighted by Gasteiger charge is -2.62. The molecule has 5 fully saturated rings. The number of aliphatic hydroxyl groups is 1. The molecule has 0 aromatic heterocycles. The van der Waals surface area contributed by atoms with Crippen LogP contribution in [0, 0.1) is 52.3 Å². The number of nitrogens with one attached hydrogen (secondary N) is 1. The number of hydrogen-bond donors (Lipinski definition) is 3. The molecule has 0 aromatic rings. The number of nitrogens with two attached hydrogens (primary N) is 1. The molecular formula is C37H70N4O. The molecule has 0 radical (unpaired) electrons. The van der Waals surface area contributed by atoms with Crippen LogP contribution in [0.15, 0.2) is 0 Å². The summed E-state index contributed by atoms with van der Waals surface area (Å²) < 4.78 is 0. The molecule has 4 aliphatic carbocycles. The first-order chi connectivity index (χ1) is 20.2. The highest BCUT2D eigenvalue weighted by Crippen LogP contribution is 2.68. The van der Waals surface area contributed by atoms with Gasteiger partial charge in [-0.25, -0.2) is 0 Å². The van der Waals surface area contributed by atoms with E-state index >= 15 is 0 Å². The van der Waals surface area contributed by atoms with Crippen LogP contribution in [0.4, 0.5) is 0 Å². The first-order valence-corrected chi connectivity index (χ1v) is 18.7. The van der Waals surface area contributed by atoms with E-state index in [9.17, 15) is 5.11 Å². The SMILES string of the molecule is CC(C)CCC[C@@H](C)[C@H]1CCC2C3C(CC[C@@]21C)[C@@]1(C)CC[C@H](NCCCN2CCN(CCCN)CC2)C[C@@H]1C[C@@H]3O. The molecular weight excluding hydrogens is 516 g/mol. The van der Waals surface area contributed by atoms with Crippen LogP contribution in [0.5, 0.6) is 0 Å². The Hall–Kier alpha value is -0.200. The summed E-state index contributed by atoms with van der Waals surface area (Å²) in [6, 6.07) is 0.649. The highest BCUT2D eigenvalue weighted by atomic mass is 16.3. The van der Waals surface area contributed by atoms with Crippen LogP contribution >= 0.6 is 0 Å². The lowest BCUT2D eigenvalue weighted by Crippen LogP contribution is -2.59. The number of piperazine rings is 1. The molecule has 3 unspecified atom stereocenters. The van der Waals surface area contributed by atoms with Gasteiger partial charge in [0.25, 0.3) is 0 Å². The first kappa shape index (κ1) is 33.2. The van der Waals surface area contributed by atoms with E-state index in [1.165, 1.54) is 110 Å². The molecule has 0 spiro atoms. The van der Waals surface area contributed by atoms with Gasteiger partial charge in [0.05, 0.1) is 6.10 Å². The van der Waals surface area contributed by atoms with E-state index in [4.69, 9.17) is 5.73 Å². The number of aliphatic hydroxyl groups excluding tert-OH is 1. The van der Waals surface area contributed by atoms with Gasteiger partial charge < -0.3 is 26.0 Å². The van der Waals surface area contributed by atoms with Gasteiger partial charge in [-0.1, -0.05) is 53.9 Å². The Morgan fingerprint density at radius 2 is 1.48 bits per heavy atom. The smallest absolute Gasteiger partial charge is 0.0577 e. The highest BCUT2D eigenvalue weighted by Gasteiger charge is 2.62. The molecule has 5 rings (SSSR count). The fourth-order valence-electron chi connectivity index (χ4n) is 11.6. The zero-order chi connectivity index (χ0) is 29.9. The predicted molar refractivity (Wildman–Crippen MR) is 177 cm³/mol. The average molecular weight is 587 g/mol. The van der Waals surface area contributed by atoms with Crippen molar-refractivity contribution in [2.45, 2.75) is 130 Å². The van der Waals surface area contributed by atoms with Gasteiger partial charge in [-0.2, -0.15) is 0 Å². The minimum atomic E-state index is -0.0741. The summed E-state index contributed by atoms with van der Waals surface area (Å²) in [5, 5.41) is 15.8. The Morgan fingerprint density at radius 1 is 0.810 bits per heavy atom. The molecule has 5 nitrogen and oxygen atoms in total. The highest BCUT2D eigenvalue weighted by molar-refractivity contribution is 5.12. The van der Waals surface area contributed by atoms with Gasteiger partial charge in [0.15, 0.2) is 0 Å². The fourth-order valence-corrected chi connectivity index (χ4v) is 11.6. The Morgan fingerprint density at radius 3 is 2.17 bits per heavy atom. The zero-order valence-corrected chi connectivity index (χ0v) is 28.5. The summed E-state index contributed by atoms with van der Waals surface area (Å²) in [6.07, 6.45) is 17.1. The number of rotatable bonds is 13. The van der Waals surface area contributed by atoms with E-state index in [0.717, 1.165) is 55.5 Å². The molecule has 0 amide bonds. The fraction of sp³-hybridized carbons (Fsp3) is 1.00. The topological polar surface area (TPSA) is 64.8 Å². The van der Waals surface area contributed by atoms with Gasteiger partial charge in [-0.3, -0.25) is 0 Å². The monoisotopic (exact) mass is 587 g/mol. The summed E-state index contributed by atoms with van der Waals surface area (Å²) in [6.45, 7) is 21.8. The summed E-state index contributed by atoms with van der Waals surface area (Å²) >= 11 is 0. The molecule has 4 N–H and O–H groups in total. The zero-order valence-electron chi connectivity index (χ0n) is 28.5. The molecule has 4 saturated carbocycles. The third kappa shape index (κ3) is 7.11. The van der Waals surface area contributed by atoms with Gasteiger partial charge >= 0.3 is 0 Å². The van der Waals surface area contributed by atoms with Crippen molar-refractivity contribution >= 4 is 0 Å². The van der Waals surface area contributed by atoms with Crippen molar-refractivity contribution in [2.75, 3.05) is 52.4 Å². The lowest BCUT2D eigenvalue weighted by molar-refractivity contribution is -0.167. The maximum atomic E-state index is 11.8. The maximum Gasteiger partial charge on any atom is 0.0577 e. The first-order valence-electron chi connectivity index (χ1n) is 18.7. The van der Waals surface area contributed by atoms with Crippen molar-refractivity contribution < 1.29 is 5.11 Å². The minimum absolute atomic E-state index is 0.0741. The summed E-state index contributed by atoms with van der Waals surface area (Å²) in [5.41, 5.74) is 6.59. The van der Waals surface area contributed by atoms with Crippen molar-refractivity contribution in [1.29, 1.82) is 0 Å². The van der Waals surface area contributed by atoms with Gasteiger partial charge in [0.2, 0.25) is 0 Å². The van der Waals surface area contributed by atoms with Crippen molar-refractivity contribution in [2.24, 2.45) is 58.0 Å². The Bertz CT molecular complexity index is 829. The van der Waals surface area contributed by atoms with Crippen molar-refractivity contribution in [1.82, 2.24) is 15.1 Å². The molecule has 0 bridgehead atoms. The Labute approximate surface area is 260 Å². The van der Waals surface area contributed by atoms with Crippen LogP contribution in [-0.2, 0) is 0 Å². The van der Waals surface area contributed by atoms with Crippen LogP contribution in [0.2, 0.25) is 0 Å². The lowest BCUT2D eigenvalue weighted by atomic mass is 9.43. The maximum absolute atomic E-state index is 11.8. The van der Waals surface area contributed by atoms with Gasteiger partial charge in [-0.05, 0) is 143 Å². The van der Waals surface area contributed by atoms with Gasteiger partial charge in [-0.15, -0.1) is 0 Å². The summed E-state index contributed by atoms with van der Waals surface area (Å²) in [5.74, 6) is 5.27. The average Bonchev–Trinajstić information content (AvgIpc) is 3.32. The molecule has 5 heteroatoms. The minimum Gasteiger partial charge on any atom is -0.393 e. The van der Waals surface area contributed by atoms with Crippen LogP contribution in [0.3, 0.4) is 0 Å². The second kappa shape index (κ2) is 14.5. The Balaban J connectivity index is 1.09. The second-order valence-corrected chi connectivity index (χ2v) is 16.9. The van der Waals surface area contributed by atoms with Gasteiger partial charge in [0, 0.05) is 32.2 Å². The van der Waals surface area contributed by atoms with Gasteiger partial charge in [0.1, 0.15) is 0 Å². The van der Waals surface area contributed by atoms with E-state index in [1.807, 2.05) is 0 Å². The predicted octanol–water partition coefficient (Wildman–Crippen LogP) is 6.39. The molecule has 1 saturated heterocycles. The molecule has 42 heavy (non-hydrogen) atoms. The van der Waals surface area contributed by atoms with Crippen molar-refractivity contribution in [3.8, 4) is 0 Å². The number of nitrogens with zero attached hydrogens (tertiary/aromatic N) is 2. The Kier molecular flexibility index (Phi) is 11.4. The molecule has 5 aliphatic rings.